The first-order valence-electron chi connectivity index (χ1n) is 4.47. The summed E-state index contributed by atoms with van der Waals surface area (Å²) < 4.78 is 0. The van der Waals surface area contributed by atoms with Gasteiger partial charge in [0.1, 0.15) is 0 Å². The summed E-state index contributed by atoms with van der Waals surface area (Å²) in [7, 11) is 0. The van der Waals surface area contributed by atoms with Crippen molar-refractivity contribution in [2.45, 2.75) is 40.0 Å². The van der Waals surface area contributed by atoms with Crippen molar-refractivity contribution >= 4 is 5.91 Å². The predicted molar refractivity (Wildman–Crippen MR) is 47.5 cm³/mol. The molecule has 11 heavy (non-hydrogen) atoms. The SMILES string of the molecule is CC(=O)N1CCCC1.CCC. The van der Waals surface area contributed by atoms with Gasteiger partial charge in [0, 0.05) is 20.0 Å². The van der Waals surface area contributed by atoms with Gasteiger partial charge in [-0.05, 0) is 12.8 Å². The lowest BCUT2D eigenvalue weighted by Crippen LogP contribution is -2.24. The molecule has 1 heterocycles. The van der Waals surface area contributed by atoms with Crippen molar-refractivity contribution in [1.82, 2.24) is 4.90 Å². The quantitative estimate of drug-likeness (QED) is 0.527. The van der Waals surface area contributed by atoms with Crippen LogP contribution in [0.4, 0.5) is 0 Å². The summed E-state index contributed by atoms with van der Waals surface area (Å²) in [6, 6.07) is 0. The van der Waals surface area contributed by atoms with Gasteiger partial charge < -0.3 is 4.90 Å². The van der Waals surface area contributed by atoms with Crippen LogP contribution in [0, 0.1) is 0 Å². The number of likely N-dealkylation sites (tertiary alicyclic amines) is 1. The van der Waals surface area contributed by atoms with E-state index in [4.69, 9.17) is 0 Å². The molecule has 1 saturated heterocycles. The fraction of sp³-hybridized carbons (Fsp3) is 0.889. The fourth-order valence-corrected chi connectivity index (χ4v) is 1.03. The topological polar surface area (TPSA) is 20.3 Å². The molecule has 1 aliphatic heterocycles. The Morgan fingerprint density at radius 3 is 1.82 bits per heavy atom. The monoisotopic (exact) mass is 157 g/mol. The van der Waals surface area contributed by atoms with Crippen molar-refractivity contribution in [2.24, 2.45) is 0 Å². The van der Waals surface area contributed by atoms with E-state index in [1.807, 2.05) is 4.90 Å². The largest absolute Gasteiger partial charge is 0.343 e. The van der Waals surface area contributed by atoms with Gasteiger partial charge in [0.15, 0.2) is 0 Å². The molecule has 0 aromatic heterocycles. The average Bonchev–Trinajstić information content (AvgIpc) is 2.38. The number of carbonyl (C=O) groups is 1. The van der Waals surface area contributed by atoms with E-state index < -0.39 is 0 Å². The standard InChI is InChI=1S/C6H11NO.C3H8/c1-6(8)7-4-2-3-5-7;1-3-2/h2-5H2,1H3;3H2,1-2H3. The Kier molecular flexibility index (Phi) is 5.90. The molecule has 0 unspecified atom stereocenters. The van der Waals surface area contributed by atoms with Gasteiger partial charge in [0.2, 0.25) is 5.91 Å². The van der Waals surface area contributed by atoms with Crippen molar-refractivity contribution in [3.05, 3.63) is 0 Å². The number of carbonyl (C=O) groups excluding carboxylic acids is 1. The Morgan fingerprint density at radius 1 is 1.27 bits per heavy atom. The summed E-state index contributed by atoms with van der Waals surface area (Å²) in [5.41, 5.74) is 0. The Morgan fingerprint density at radius 2 is 1.64 bits per heavy atom. The van der Waals surface area contributed by atoms with Gasteiger partial charge >= 0.3 is 0 Å². The lowest BCUT2D eigenvalue weighted by atomic mass is 10.4. The number of nitrogens with zero attached hydrogens (tertiary/aromatic N) is 1. The van der Waals surface area contributed by atoms with E-state index in [9.17, 15) is 4.79 Å². The molecule has 1 fully saturated rings. The van der Waals surface area contributed by atoms with Gasteiger partial charge in [0.05, 0.1) is 0 Å². The van der Waals surface area contributed by atoms with Crippen LogP contribution in [0.5, 0.6) is 0 Å². The van der Waals surface area contributed by atoms with Crippen molar-refractivity contribution in [3.8, 4) is 0 Å². The Labute approximate surface area is 69.6 Å². The molecule has 1 aliphatic rings. The van der Waals surface area contributed by atoms with E-state index in [-0.39, 0.29) is 5.91 Å². The maximum absolute atomic E-state index is 10.6. The van der Waals surface area contributed by atoms with Crippen molar-refractivity contribution in [1.29, 1.82) is 0 Å². The third kappa shape index (κ3) is 4.82. The summed E-state index contributed by atoms with van der Waals surface area (Å²) in [6.45, 7) is 7.84. The van der Waals surface area contributed by atoms with Crippen LogP contribution in [0.2, 0.25) is 0 Å². The maximum atomic E-state index is 10.6. The average molecular weight is 157 g/mol. The molecule has 0 N–H and O–H groups in total. The van der Waals surface area contributed by atoms with E-state index >= 15 is 0 Å². The third-order valence-corrected chi connectivity index (χ3v) is 1.55. The first-order valence-corrected chi connectivity index (χ1v) is 4.47. The van der Waals surface area contributed by atoms with E-state index in [2.05, 4.69) is 13.8 Å². The molecule has 0 saturated carbocycles. The maximum Gasteiger partial charge on any atom is 0.219 e. The van der Waals surface area contributed by atoms with Crippen molar-refractivity contribution < 1.29 is 4.79 Å². The van der Waals surface area contributed by atoms with E-state index in [0.29, 0.717) is 0 Å². The Bertz CT molecular complexity index is 106. The van der Waals surface area contributed by atoms with E-state index in [0.717, 1.165) is 13.1 Å². The summed E-state index contributed by atoms with van der Waals surface area (Å²) in [6.07, 6.45) is 3.64. The molecule has 2 nitrogen and oxygen atoms in total. The Balaban J connectivity index is 0.000000292. The number of rotatable bonds is 0. The highest BCUT2D eigenvalue weighted by Gasteiger charge is 2.12. The van der Waals surface area contributed by atoms with Gasteiger partial charge in [-0.1, -0.05) is 20.3 Å². The second-order valence-electron chi connectivity index (χ2n) is 2.92. The van der Waals surface area contributed by atoms with Gasteiger partial charge in [-0.2, -0.15) is 0 Å². The highest BCUT2D eigenvalue weighted by atomic mass is 16.2. The molecule has 0 spiro atoms. The van der Waals surface area contributed by atoms with Gasteiger partial charge in [-0.25, -0.2) is 0 Å². The smallest absolute Gasteiger partial charge is 0.219 e. The van der Waals surface area contributed by atoms with Crippen molar-refractivity contribution in [3.63, 3.8) is 0 Å². The molecular weight excluding hydrogens is 138 g/mol. The lowest BCUT2D eigenvalue weighted by molar-refractivity contribution is -0.127. The molecule has 2 heteroatoms. The number of amides is 1. The number of hydrogen-bond acceptors (Lipinski definition) is 1. The first-order chi connectivity index (χ1) is 5.22. The van der Waals surface area contributed by atoms with Crippen LogP contribution >= 0.6 is 0 Å². The van der Waals surface area contributed by atoms with Crippen molar-refractivity contribution in [2.75, 3.05) is 13.1 Å². The molecule has 0 aliphatic carbocycles. The zero-order chi connectivity index (χ0) is 8.69. The molecule has 1 rings (SSSR count). The first kappa shape index (κ1) is 10.5. The normalized spacial score (nSPS) is 15.7. The van der Waals surface area contributed by atoms with Crippen LogP contribution < -0.4 is 0 Å². The molecular formula is C9H19NO. The van der Waals surface area contributed by atoms with E-state index in [1.54, 1.807) is 6.92 Å². The molecule has 0 atom stereocenters. The van der Waals surface area contributed by atoms with Crippen LogP contribution in [0.25, 0.3) is 0 Å². The molecule has 0 aromatic rings. The fourth-order valence-electron chi connectivity index (χ4n) is 1.03. The summed E-state index contributed by atoms with van der Waals surface area (Å²) >= 11 is 0. The highest BCUT2D eigenvalue weighted by molar-refractivity contribution is 5.73. The summed E-state index contributed by atoms with van der Waals surface area (Å²) in [5.74, 6) is 0.225. The Hall–Kier alpha value is -0.530. The predicted octanol–water partition coefficient (Wildman–Crippen LogP) is 2.04. The second kappa shape index (κ2) is 6.20. The van der Waals surface area contributed by atoms with Crippen LogP contribution in [0.3, 0.4) is 0 Å². The minimum absolute atomic E-state index is 0.225. The molecule has 0 aromatic carbocycles. The second-order valence-corrected chi connectivity index (χ2v) is 2.92. The van der Waals surface area contributed by atoms with Crippen LogP contribution in [-0.2, 0) is 4.79 Å². The minimum atomic E-state index is 0.225. The van der Waals surface area contributed by atoms with Gasteiger partial charge in [-0.15, -0.1) is 0 Å². The zero-order valence-electron chi connectivity index (χ0n) is 7.89. The lowest BCUT2D eigenvalue weighted by Gasteiger charge is -2.10. The molecule has 0 radical (unpaired) electrons. The molecule has 66 valence electrons. The summed E-state index contributed by atoms with van der Waals surface area (Å²) in [5, 5.41) is 0. The van der Waals surface area contributed by atoms with Gasteiger partial charge in [-0.3, -0.25) is 4.79 Å². The summed E-state index contributed by atoms with van der Waals surface area (Å²) in [4.78, 5) is 12.5. The van der Waals surface area contributed by atoms with Crippen LogP contribution in [-0.4, -0.2) is 23.9 Å². The zero-order valence-corrected chi connectivity index (χ0v) is 7.89. The van der Waals surface area contributed by atoms with Crippen LogP contribution in [0.15, 0.2) is 0 Å². The third-order valence-electron chi connectivity index (χ3n) is 1.55. The number of hydrogen-bond donors (Lipinski definition) is 0. The van der Waals surface area contributed by atoms with Gasteiger partial charge in [0.25, 0.3) is 0 Å². The van der Waals surface area contributed by atoms with E-state index in [1.165, 1.54) is 19.3 Å². The minimum Gasteiger partial charge on any atom is -0.343 e. The highest BCUT2D eigenvalue weighted by Crippen LogP contribution is 2.05. The van der Waals surface area contributed by atoms with Crippen LogP contribution in [0.1, 0.15) is 40.0 Å². The molecule has 1 amide bonds. The molecule has 0 bridgehead atoms.